The third-order valence-electron chi connectivity index (χ3n) is 1.96. The number of halogens is 3. The minimum Gasteiger partial charge on any atom is -0.506 e. The molecule has 0 aliphatic carbocycles. The Bertz CT molecular complexity index is 551. The van der Waals surface area contributed by atoms with Gasteiger partial charge in [0, 0.05) is 5.56 Å². The van der Waals surface area contributed by atoms with Gasteiger partial charge in [-0.1, -0.05) is 5.16 Å². The molecule has 0 saturated heterocycles. The number of aromatic hydroxyl groups is 1. The van der Waals surface area contributed by atoms with E-state index >= 15 is 0 Å². The van der Waals surface area contributed by atoms with Gasteiger partial charge < -0.3 is 15.4 Å². The van der Waals surface area contributed by atoms with Crippen LogP contribution in [0.3, 0.4) is 0 Å². The summed E-state index contributed by atoms with van der Waals surface area (Å²) in [6.45, 7) is 0. The molecule has 0 saturated carbocycles. The van der Waals surface area contributed by atoms with Crippen LogP contribution >= 0.6 is 0 Å². The Hall–Kier alpha value is -2.25. The molecule has 2 rings (SSSR count). The molecule has 0 amide bonds. The van der Waals surface area contributed by atoms with Crippen molar-refractivity contribution in [1.29, 1.82) is 0 Å². The van der Waals surface area contributed by atoms with Crippen molar-refractivity contribution >= 4 is 5.69 Å². The molecule has 1 heterocycles. The molecule has 0 bridgehead atoms. The number of anilines is 1. The Balaban J connectivity index is 2.40. The molecule has 17 heavy (non-hydrogen) atoms. The molecule has 0 unspecified atom stereocenters. The Morgan fingerprint density at radius 3 is 2.53 bits per heavy atom. The van der Waals surface area contributed by atoms with E-state index in [4.69, 9.17) is 5.73 Å². The van der Waals surface area contributed by atoms with Gasteiger partial charge in [-0.25, -0.2) is 0 Å². The van der Waals surface area contributed by atoms with E-state index in [0.717, 1.165) is 6.07 Å². The summed E-state index contributed by atoms with van der Waals surface area (Å²) in [5.41, 5.74) is 5.60. The third kappa shape index (κ3) is 2.14. The maximum atomic E-state index is 12.2. The lowest BCUT2D eigenvalue weighted by Crippen LogP contribution is -2.07. The molecule has 0 fully saturated rings. The molecule has 90 valence electrons. The molecule has 0 aliphatic heterocycles. The number of phenolic OH excluding ortho intramolecular Hbond substituents is 1. The molecule has 1 aromatic carbocycles. The minimum atomic E-state index is -4.67. The zero-order valence-electron chi connectivity index (χ0n) is 8.19. The molecule has 1 aromatic heterocycles. The Kier molecular flexibility index (Phi) is 2.41. The predicted molar refractivity (Wildman–Crippen MR) is 50.8 cm³/mol. The zero-order valence-corrected chi connectivity index (χ0v) is 8.19. The summed E-state index contributed by atoms with van der Waals surface area (Å²) in [7, 11) is 0. The lowest BCUT2D eigenvalue weighted by atomic mass is 10.2. The van der Waals surface area contributed by atoms with Crippen LogP contribution in [-0.2, 0) is 6.18 Å². The highest BCUT2D eigenvalue weighted by atomic mass is 19.4. The minimum absolute atomic E-state index is 0.101. The van der Waals surface area contributed by atoms with E-state index in [-0.39, 0.29) is 22.9 Å². The van der Waals surface area contributed by atoms with Crippen molar-refractivity contribution in [2.24, 2.45) is 0 Å². The highest BCUT2D eigenvalue weighted by Crippen LogP contribution is 2.30. The van der Waals surface area contributed by atoms with E-state index in [1.54, 1.807) is 0 Å². The van der Waals surface area contributed by atoms with Crippen LogP contribution in [0.15, 0.2) is 22.7 Å². The second-order valence-corrected chi connectivity index (χ2v) is 3.19. The largest absolute Gasteiger partial charge is 0.506 e. The summed E-state index contributed by atoms with van der Waals surface area (Å²) in [6, 6.07) is 3.83. The number of nitrogens with two attached hydrogens (primary N) is 1. The number of nitrogen functional groups attached to an aromatic ring is 1. The van der Waals surface area contributed by atoms with Crippen LogP contribution in [0.25, 0.3) is 11.5 Å². The van der Waals surface area contributed by atoms with Crippen LogP contribution in [0, 0.1) is 0 Å². The topological polar surface area (TPSA) is 85.2 Å². The standard InChI is InChI=1S/C9H6F3N3O2/c10-9(11,12)8-14-7(17-15-8)4-1-2-5(13)6(16)3-4/h1-3,16H,13H2. The Morgan fingerprint density at radius 1 is 1.29 bits per heavy atom. The first-order chi connectivity index (χ1) is 7.88. The summed E-state index contributed by atoms with van der Waals surface area (Å²) >= 11 is 0. The number of alkyl halides is 3. The van der Waals surface area contributed by atoms with Crippen LogP contribution in [0.5, 0.6) is 5.75 Å². The Morgan fingerprint density at radius 2 is 2.00 bits per heavy atom. The van der Waals surface area contributed by atoms with Crippen molar-refractivity contribution < 1.29 is 22.8 Å². The SMILES string of the molecule is Nc1ccc(-c2nc(C(F)(F)F)no2)cc1O. The van der Waals surface area contributed by atoms with Gasteiger partial charge in [-0.05, 0) is 18.2 Å². The van der Waals surface area contributed by atoms with Crippen LogP contribution in [-0.4, -0.2) is 15.2 Å². The van der Waals surface area contributed by atoms with Gasteiger partial charge in [-0.15, -0.1) is 0 Å². The molecular formula is C9H6F3N3O2. The van der Waals surface area contributed by atoms with Crippen LogP contribution in [0.2, 0.25) is 0 Å². The first-order valence-electron chi connectivity index (χ1n) is 4.37. The second kappa shape index (κ2) is 3.65. The van der Waals surface area contributed by atoms with E-state index in [0.29, 0.717) is 0 Å². The number of benzene rings is 1. The van der Waals surface area contributed by atoms with Crippen molar-refractivity contribution in [3.8, 4) is 17.2 Å². The molecular weight excluding hydrogens is 239 g/mol. The summed E-state index contributed by atoms with van der Waals surface area (Å²) in [6.07, 6.45) is -4.67. The fourth-order valence-corrected chi connectivity index (χ4v) is 1.13. The predicted octanol–water partition coefficient (Wildman–Crippen LogP) is 2.04. The maximum absolute atomic E-state index is 12.2. The van der Waals surface area contributed by atoms with Crippen molar-refractivity contribution in [2.75, 3.05) is 5.73 Å². The van der Waals surface area contributed by atoms with Crippen molar-refractivity contribution in [3.05, 3.63) is 24.0 Å². The molecule has 0 aliphatic rings. The lowest BCUT2D eigenvalue weighted by molar-refractivity contribution is -0.146. The van der Waals surface area contributed by atoms with Gasteiger partial charge in [0.1, 0.15) is 5.75 Å². The lowest BCUT2D eigenvalue weighted by Gasteiger charge is -1.99. The smallest absolute Gasteiger partial charge is 0.455 e. The monoisotopic (exact) mass is 245 g/mol. The zero-order chi connectivity index (χ0) is 12.6. The normalized spacial score (nSPS) is 11.7. The number of phenols is 1. The van der Waals surface area contributed by atoms with Crippen molar-refractivity contribution in [3.63, 3.8) is 0 Å². The third-order valence-corrected chi connectivity index (χ3v) is 1.96. The number of rotatable bonds is 1. The number of aromatic nitrogens is 2. The molecule has 0 radical (unpaired) electrons. The molecule has 0 spiro atoms. The maximum Gasteiger partial charge on any atom is 0.455 e. The fourth-order valence-electron chi connectivity index (χ4n) is 1.13. The molecule has 8 heteroatoms. The number of hydrogen-bond acceptors (Lipinski definition) is 5. The van der Waals surface area contributed by atoms with E-state index in [1.165, 1.54) is 12.1 Å². The van der Waals surface area contributed by atoms with Crippen LogP contribution in [0.4, 0.5) is 18.9 Å². The summed E-state index contributed by atoms with van der Waals surface area (Å²) in [5, 5.41) is 12.1. The van der Waals surface area contributed by atoms with E-state index in [2.05, 4.69) is 14.7 Å². The quantitative estimate of drug-likeness (QED) is 0.593. The summed E-state index contributed by atoms with van der Waals surface area (Å²) in [5.74, 6) is -1.98. The van der Waals surface area contributed by atoms with Gasteiger partial charge in [0.15, 0.2) is 0 Å². The molecule has 0 atom stereocenters. The fraction of sp³-hybridized carbons (Fsp3) is 0.111. The summed E-state index contributed by atoms with van der Waals surface area (Å²) < 4.78 is 41.1. The highest BCUT2D eigenvalue weighted by molar-refractivity contribution is 5.63. The second-order valence-electron chi connectivity index (χ2n) is 3.19. The van der Waals surface area contributed by atoms with E-state index < -0.39 is 12.0 Å². The average molecular weight is 245 g/mol. The highest BCUT2D eigenvalue weighted by Gasteiger charge is 2.37. The van der Waals surface area contributed by atoms with Gasteiger partial charge in [0.2, 0.25) is 0 Å². The number of nitrogens with zero attached hydrogens (tertiary/aromatic N) is 2. The van der Waals surface area contributed by atoms with E-state index in [9.17, 15) is 18.3 Å². The van der Waals surface area contributed by atoms with Gasteiger partial charge >= 0.3 is 6.18 Å². The van der Waals surface area contributed by atoms with Crippen LogP contribution < -0.4 is 5.73 Å². The van der Waals surface area contributed by atoms with Gasteiger partial charge in [0.05, 0.1) is 5.69 Å². The average Bonchev–Trinajstić information content (AvgIpc) is 2.70. The first kappa shape index (κ1) is 11.2. The van der Waals surface area contributed by atoms with Crippen molar-refractivity contribution in [2.45, 2.75) is 6.18 Å². The van der Waals surface area contributed by atoms with E-state index in [1.807, 2.05) is 0 Å². The number of hydrogen-bond donors (Lipinski definition) is 2. The first-order valence-corrected chi connectivity index (χ1v) is 4.37. The Labute approximate surface area is 92.7 Å². The summed E-state index contributed by atoms with van der Waals surface area (Å²) in [4.78, 5) is 3.17. The molecule has 5 nitrogen and oxygen atoms in total. The molecule has 2 aromatic rings. The van der Waals surface area contributed by atoms with Gasteiger partial charge in [-0.2, -0.15) is 18.2 Å². The van der Waals surface area contributed by atoms with Crippen molar-refractivity contribution in [1.82, 2.24) is 10.1 Å². The van der Waals surface area contributed by atoms with Crippen LogP contribution in [0.1, 0.15) is 5.82 Å². The van der Waals surface area contributed by atoms with Gasteiger partial charge in [0.25, 0.3) is 11.7 Å². The van der Waals surface area contributed by atoms with Gasteiger partial charge in [-0.3, -0.25) is 0 Å². The molecule has 3 N–H and O–H groups in total.